The number of halogens is 4. The minimum Gasteiger partial charge on any atom is -0.461 e. The molecule has 0 aromatic heterocycles. The van der Waals surface area contributed by atoms with Gasteiger partial charge in [0.25, 0.3) is 5.69 Å². The standard InChI is InChI=1S/C20H18ClF3N2O5/c21-16-11-13(20(22,23)24)3-6-18(16)31-14-4-5-17(26(28)29)15(12-14)19(27)30-10-9-25-7-1-2-8-25/h3-6,11-12H,1-2,7-10H2. The van der Waals surface area contributed by atoms with E-state index >= 15 is 0 Å². The summed E-state index contributed by atoms with van der Waals surface area (Å²) in [5.74, 6) is -1.01. The van der Waals surface area contributed by atoms with Crippen LogP contribution in [0.1, 0.15) is 28.8 Å². The van der Waals surface area contributed by atoms with Crippen molar-refractivity contribution in [3.8, 4) is 11.5 Å². The summed E-state index contributed by atoms with van der Waals surface area (Å²) < 4.78 is 48.9. The molecule has 11 heteroatoms. The van der Waals surface area contributed by atoms with Gasteiger partial charge in [-0.15, -0.1) is 0 Å². The summed E-state index contributed by atoms with van der Waals surface area (Å²) in [6.45, 7) is 2.42. The van der Waals surface area contributed by atoms with Crippen LogP contribution in [0.4, 0.5) is 18.9 Å². The molecular weight excluding hydrogens is 441 g/mol. The maximum absolute atomic E-state index is 12.8. The Morgan fingerprint density at radius 1 is 1.16 bits per heavy atom. The highest BCUT2D eigenvalue weighted by atomic mass is 35.5. The summed E-state index contributed by atoms with van der Waals surface area (Å²) in [5, 5.41) is 11.0. The molecule has 3 rings (SSSR count). The number of alkyl halides is 3. The molecule has 166 valence electrons. The molecule has 0 radical (unpaired) electrons. The van der Waals surface area contributed by atoms with E-state index in [1.54, 1.807) is 0 Å². The molecule has 0 bridgehead atoms. The maximum Gasteiger partial charge on any atom is 0.416 e. The van der Waals surface area contributed by atoms with Gasteiger partial charge in [-0.2, -0.15) is 13.2 Å². The number of nitro benzene ring substituents is 1. The van der Waals surface area contributed by atoms with Crippen molar-refractivity contribution in [2.24, 2.45) is 0 Å². The molecule has 0 saturated carbocycles. The van der Waals surface area contributed by atoms with Crippen LogP contribution in [0.2, 0.25) is 5.02 Å². The van der Waals surface area contributed by atoms with E-state index in [-0.39, 0.29) is 28.7 Å². The predicted molar refractivity (Wildman–Crippen MR) is 106 cm³/mol. The molecule has 31 heavy (non-hydrogen) atoms. The fourth-order valence-corrected chi connectivity index (χ4v) is 3.36. The van der Waals surface area contributed by atoms with E-state index in [0.29, 0.717) is 12.6 Å². The molecule has 1 aliphatic heterocycles. The molecule has 1 fully saturated rings. The third kappa shape index (κ3) is 5.86. The van der Waals surface area contributed by atoms with Crippen LogP contribution in [0.3, 0.4) is 0 Å². The lowest BCUT2D eigenvalue weighted by Crippen LogP contribution is -2.25. The van der Waals surface area contributed by atoms with Crippen LogP contribution in [0, 0.1) is 10.1 Å². The molecule has 7 nitrogen and oxygen atoms in total. The third-order valence-electron chi connectivity index (χ3n) is 4.71. The number of esters is 1. The lowest BCUT2D eigenvalue weighted by atomic mass is 10.1. The predicted octanol–water partition coefficient (Wildman–Crippen LogP) is 5.31. The Morgan fingerprint density at radius 2 is 1.87 bits per heavy atom. The number of hydrogen-bond donors (Lipinski definition) is 0. The average molecular weight is 459 g/mol. The van der Waals surface area contributed by atoms with E-state index in [2.05, 4.69) is 4.90 Å². The monoisotopic (exact) mass is 458 g/mol. The van der Waals surface area contributed by atoms with Gasteiger partial charge in [-0.05, 0) is 50.2 Å². The highest BCUT2D eigenvalue weighted by molar-refractivity contribution is 6.32. The van der Waals surface area contributed by atoms with Gasteiger partial charge >= 0.3 is 12.1 Å². The van der Waals surface area contributed by atoms with E-state index in [4.69, 9.17) is 21.1 Å². The molecule has 0 spiro atoms. The first-order valence-electron chi connectivity index (χ1n) is 9.37. The molecule has 0 amide bonds. The lowest BCUT2D eigenvalue weighted by Gasteiger charge is -2.14. The van der Waals surface area contributed by atoms with E-state index in [1.165, 1.54) is 6.07 Å². The zero-order chi connectivity index (χ0) is 22.6. The Hall–Kier alpha value is -2.85. The number of rotatable bonds is 7. The number of carbonyl (C=O) groups excluding carboxylic acids is 1. The lowest BCUT2D eigenvalue weighted by molar-refractivity contribution is -0.385. The normalized spacial score (nSPS) is 14.5. The SMILES string of the molecule is O=C(OCCN1CCCC1)c1cc(Oc2ccc(C(F)(F)F)cc2Cl)ccc1[N+](=O)[O-]. The molecule has 0 atom stereocenters. The maximum atomic E-state index is 12.8. The number of nitrogens with zero attached hydrogens (tertiary/aromatic N) is 2. The van der Waals surface area contributed by atoms with Crippen molar-refractivity contribution in [1.82, 2.24) is 4.90 Å². The Kier molecular flexibility index (Phi) is 7.01. The van der Waals surface area contributed by atoms with Gasteiger partial charge in [0.1, 0.15) is 23.7 Å². The Balaban J connectivity index is 1.76. The van der Waals surface area contributed by atoms with Crippen molar-refractivity contribution in [2.75, 3.05) is 26.2 Å². The molecule has 0 N–H and O–H groups in total. The number of nitro groups is 1. The summed E-state index contributed by atoms with van der Waals surface area (Å²) in [5.41, 5.74) is -1.75. The van der Waals surface area contributed by atoms with Crippen LogP contribution in [-0.2, 0) is 10.9 Å². The van der Waals surface area contributed by atoms with E-state index in [1.807, 2.05) is 0 Å². The Morgan fingerprint density at radius 3 is 2.48 bits per heavy atom. The highest BCUT2D eigenvalue weighted by Crippen LogP contribution is 2.37. The molecule has 0 aliphatic carbocycles. The summed E-state index contributed by atoms with van der Waals surface area (Å²) >= 11 is 5.87. The van der Waals surface area contributed by atoms with E-state index in [9.17, 15) is 28.1 Å². The zero-order valence-electron chi connectivity index (χ0n) is 16.2. The summed E-state index contributed by atoms with van der Waals surface area (Å²) in [6, 6.07) is 5.90. The molecule has 2 aromatic rings. The summed E-state index contributed by atoms with van der Waals surface area (Å²) in [4.78, 5) is 25.1. The van der Waals surface area contributed by atoms with Gasteiger partial charge in [0.05, 0.1) is 15.5 Å². The van der Waals surface area contributed by atoms with Gasteiger partial charge in [0, 0.05) is 18.7 Å². The summed E-state index contributed by atoms with van der Waals surface area (Å²) in [7, 11) is 0. The van der Waals surface area contributed by atoms with Gasteiger partial charge in [0.2, 0.25) is 0 Å². The van der Waals surface area contributed by atoms with Crippen molar-refractivity contribution in [1.29, 1.82) is 0 Å². The molecule has 1 heterocycles. The van der Waals surface area contributed by atoms with Crippen molar-refractivity contribution in [2.45, 2.75) is 19.0 Å². The van der Waals surface area contributed by atoms with Crippen molar-refractivity contribution in [3.05, 3.63) is 62.7 Å². The van der Waals surface area contributed by atoms with Gasteiger partial charge in [-0.1, -0.05) is 11.6 Å². The number of ether oxygens (including phenoxy) is 2. The fraction of sp³-hybridized carbons (Fsp3) is 0.350. The van der Waals surface area contributed by atoms with Crippen LogP contribution in [-0.4, -0.2) is 42.0 Å². The van der Waals surface area contributed by atoms with Crippen LogP contribution in [0.25, 0.3) is 0 Å². The molecule has 1 saturated heterocycles. The minimum atomic E-state index is -4.57. The van der Waals surface area contributed by atoms with E-state index < -0.39 is 28.3 Å². The van der Waals surface area contributed by atoms with Gasteiger partial charge in [-0.25, -0.2) is 4.79 Å². The number of benzene rings is 2. The van der Waals surface area contributed by atoms with Crippen LogP contribution >= 0.6 is 11.6 Å². The van der Waals surface area contributed by atoms with Crippen molar-refractivity contribution in [3.63, 3.8) is 0 Å². The van der Waals surface area contributed by atoms with Crippen molar-refractivity contribution < 1.29 is 32.4 Å². The number of carbonyl (C=O) groups is 1. The first kappa shape index (κ1) is 22.8. The second-order valence-electron chi connectivity index (χ2n) is 6.87. The second kappa shape index (κ2) is 9.52. The first-order chi connectivity index (χ1) is 14.6. The van der Waals surface area contributed by atoms with Crippen LogP contribution in [0.15, 0.2) is 36.4 Å². The minimum absolute atomic E-state index is 0.0150. The van der Waals surface area contributed by atoms with E-state index in [0.717, 1.165) is 50.2 Å². The average Bonchev–Trinajstić information content (AvgIpc) is 3.22. The van der Waals surface area contributed by atoms with Crippen LogP contribution in [0.5, 0.6) is 11.5 Å². The molecule has 0 unspecified atom stereocenters. The van der Waals surface area contributed by atoms with Crippen LogP contribution < -0.4 is 4.74 Å². The highest BCUT2D eigenvalue weighted by Gasteiger charge is 2.31. The Labute approximate surface area is 180 Å². The number of hydrogen-bond acceptors (Lipinski definition) is 6. The first-order valence-corrected chi connectivity index (χ1v) is 9.75. The quantitative estimate of drug-likeness (QED) is 0.317. The van der Waals surface area contributed by atoms with Gasteiger partial charge in [-0.3, -0.25) is 15.0 Å². The van der Waals surface area contributed by atoms with Gasteiger partial charge in [0.15, 0.2) is 0 Å². The zero-order valence-corrected chi connectivity index (χ0v) is 16.9. The fourth-order valence-electron chi connectivity index (χ4n) is 3.14. The van der Waals surface area contributed by atoms with Gasteiger partial charge < -0.3 is 9.47 Å². The summed E-state index contributed by atoms with van der Waals surface area (Å²) in [6.07, 6.45) is -2.42. The second-order valence-corrected chi connectivity index (χ2v) is 7.27. The number of likely N-dealkylation sites (tertiary alicyclic amines) is 1. The van der Waals surface area contributed by atoms with Crippen molar-refractivity contribution >= 4 is 23.3 Å². The topological polar surface area (TPSA) is 81.9 Å². The molecule has 2 aromatic carbocycles. The Bertz CT molecular complexity index is 978. The smallest absolute Gasteiger partial charge is 0.416 e. The third-order valence-corrected chi connectivity index (χ3v) is 5.01. The molecular formula is C20H18ClF3N2O5. The largest absolute Gasteiger partial charge is 0.461 e. The molecule has 1 aliphatic rings.